The van der Waals surface area contributed by atoms with E-state index in [1.165, 1.54) is 20.3 Å². The lowest BCUT2D eigenvalue weighted by Gasteiger charge is -2.19. The molecule has 0 unspecified atom stereocenters. The molecular formula is C40H34N4O7S. The van der Waals surface area contributed by atoms with E-state index >= 15 is 0 Å². The number of fused-ring (bicyclic) bond motifs is 4. The van der Waals surface area contributed by atoms with Gasteiger partial charge in [0.05, 0.1) is 26.4 Å². The monoisotopic (exact) mass is 714 g/mol. The summed E-state index contributed by atoms with van der Waals surface area (Å²) in [7, 11) is 2.56. The van der Waals surface area contributed by atoms with Crippen molar-refractivity contribution >= 4 is 51.7 Å². The fourth-order valence-corrected chi connectivity index (χ4v) is 7.35. The number of benzene rings is 3. The maximum atomic E-state index is 14.7. The highest BCUT2D eigenvalue weighted by atomic mass is 32.1. The van der Waals surface area contributed by atoms with Gasteiger partial charge in [-0.25, -0.2) is 14.6 Å². The van der Waals surface area contributed by atoms with Crippen LogP contribution in [-0.2, 0) is 15.9 Å². The van der Waals surface area contributed by atoms with Crippen molar-refractivity contribution in [3.8, 4) is 38.4 Å². The van der Waals surface area contributed by atoms with E-state index in [9.17, 15) is 19.2 Å². The number of ether oxygens (including phenoxy) is 3. The number of rotatable bonds is 9. The standard InChI is InChI=1S/C40H34N4O7S/c1-4-15-42-38(46)32-9-8-25(35(43-32)40(48)50-3)27-21-33-29(36-22(13-17-51-33)14-18-52-36)20-28(27)37(45)44-31-11-10-30-26(12-16-41-30)34(31)23-6-5-7-24(19-23)39(47)49-2/h5-12,14,16,18-21,41H,4,13,15,17H2,1-3H3,(H,42,46)(H,44,45). The molecule has 0 bridgehead atoms. The van der Waals surface area contributed by atoms with Crippen molar-refractivity contribution in [1.29, 1.82) is 0 Å². The molecule has 1 aliphatic rings. The lowest BCUT2D eigenvalue weighted by atomic mass is 9.93. The molecule has 4 heterocycles. The van der Waals surface area contributed by atoms with Gasteiger partial charge in [-0.1, -0.05) is 19.1 Å². The van der Waals surface area contributed by atoms with Gasteiger partial charge in [-0.3, -0.25) is 9.59 Å². The Morgan fingerprint density at radius 3 is 2.56 bits per heavy atom. The first kappa shape index (κ1) is 34.2. The molecule has 262 valence electrons. The van der Waals surface area contributed by atoms with Crippen molar-refractivity contribution in [2.75, 3.05) is 32.7 Å². The molecule has 3 aromatic heterocycles. The van der Waals surface area contributed by atoms with Gasteiger partial charge >= 0.3 is 11.9 Å². The predicted octanol–water partition coefficient (Wildman–Crippen LogP) is 7.53. The van der Waals surface area contributed by atoms with Gasteiger partial charge in [0.15, 0.2) is 5.69 Å². The van der Waals surface area contributed by atoms with Crippen LogP contribution < -0.4 is 15.4 Å². The Morgan fingerprint density at radius 1 is 0.904 bits per heavy atom. The number of aromatic nitrogens is 2. The first-order chi connectivity index (χ1) is 25.3. The van der Waals surface area contributed by atoms with Gasteiger partial charge in [0, 0.05) is 68.4 Å². The SMILES string of the molecule is CCCNC(=O)c1ccc(-c2cc3c(cc2C(=O)Nc2ccc4[nH]ccc4c2-c2cccc(C(=O)OC)c2)-c2sccc2CCO3)c(C(=O)OC)n1. The zero-order chi connectivity index (χ0) is 36.4. The van der Waals surface area contributed by atoms with Gasteiger partial charge in [-0.2, -0.15) is 0 Å². The number of carbonyl (C=O) groups is 4. The van der Waals surface area contributed by atoms with Crippen molar-refractivity contribution < 1.29 is 33.4 Å². The van der Waals surface area contributed by atoms with E-state index < -0.39 is 23.8 Å². The second-order valence-corrected chi connectivity index (χ2v) is 13.0. The largest absolute Gasteiger partial charge is 0.493 e. The van der Waals surface area contributed by atoms with Crippen LogP contribution in [0.1, 0.15) is 60.6 Å². The summed E-state index contributed by atoms with van der Waals surface area (Å²) in [5, 5.41) is 8.75. The van der Waals surface area contributed by atoms with Crippen LogP contribution >= 0.6 is 11.3 Å². The number of amides is 2. The Kier molecular flexibility index (Phi) is 9.55. The normalized spacial score (nSPS) is 11.8. The van der Waals surface area contributed by atoms with E-state index in [1.807, 2.05) is 30.5 Å². The van der Waals surface area contributed by atoms with E-state index in [1.54, 1.807) is 60.0 Å². The minimum atomic E-state index is -0.770. The fourth-order valence-electron chi connectivity index (χ4n) is 6.37. The van der Waals surface area contributed by atoms with Gasteiger partial charge < -0.3 is 29.8 Å². The molecule has 12 heteroatoms. The Bertz CT molecular complexity index is 2380. The number of hydrogen-bond acceptors (Lipinski definition) is 9. The summed E-state index contributed by atoms with van der Waals surface area (Å²) in [6.07, 6.45) is 3.22. The summed E-state index contributed by atoms with van der Waals surface area (Å²) in [6, 6.07) is 21.3. The number of aromatic amines is 1. The Hall–Kier alpha value is -6.27. The zero-order valence-corrected chi connectivity index (χ0v) is 29.4. The molecular weight excluding hydrogens is 681 g/mol. The van der Waals surface area contributed by atoms with Crippen LogP contribution in [0.5, 0.6) is 5.75 Å². The van der Waals surface area contributed by atoms with Crippen molar-refractivity contribution in [2.45, 2.75) is 19.8 Å². The van der Waals surface area contributed by atoms with E-state index in [2.05, 4.69) is 26.7 Å². The number of pyridine rings is 1. The van der Waals surface area contributed by atoms with E-state index in [4.69, 9.17) is 14.2 Å². The molecule has 11 nitrogen and oxygen atoms in total. The molecule has 0 atom stereocenters. The van der Waals surface area contributed by atoms with Gasteiger partial charge in [-0.15, -0.1) is 11.3 Å². The molecule has 1 aliphatic heterocycles. The predicted molar refractivity (Wildman–Crippen MR) is 199 cm³/mol. The van der Waals surface area contributed by atoms with Gasteiger partial charge in [-0.05, 0) is 83.6 Å². The van der Waals surface area contributed by atoms with E-state index in [0.717, 1.165) is 33.3 Å². The number of esters is 2. The summed E-state index contributed by atoms with van der Waals surface area (Å²) < 4.78 is 16.3. The van der Waals surface area contributed by atoms with Gasteiger partial charge in [0.25, 0.3) is 11.8 Å². The van der Waals surface area contributed by atoms with Crippen LogP contribution in [0.25, 0.3) is 43.6 Å². The summed E-state index contributed by atoms with van der Waals surface area (Å²) >= 11 is 1.55. The summed E-state index contributed by atoms with van der Waals surface area (Å²) in [4.78, 5) is 62.0. The smallest absolute Gasteiger partial charge is 0.357 e. The number of carbonyl (C=O) groups excluding carboxylic acids is 4. The maximum absolute atomic E-state index is 14.7. The Morgan fingerprint density at radius 2 is 1.75 bits per heavy atom. The number of H-pyrrole nitrogens is 1. The molecule has 0 spiro atoms. The molecule has 6 aromatic rings. The van der Waals surface area contributed by atoms with Crippen molar-refractivity contribution in [1.82, 2.24) is 15.3 Å². The third kappa shape index (κ3) is 6.40. The topological polar surface area (TPSA) is 149 Å². The zero-order valence-electron chi connectivity index (χ0n) is 28.6. The van der Waals surface area contributed by atoms with Crippen molar-refractivity contribution in [2.24, 2.45) is 0 Å². The Balaban J connectivity index is 1.40. The number of anilines is 1. The minimum absolute atomic E-state index is 0.0384. The highest BCUT2D eigenvalue weighted by molar-refractivity contribution is 7.13. The van der Waals surface area contributed by atoms with Crippen molar-refractivity contribution in [3.05, 3.63) is 112 Å². The molecule has 2 amide bonds. The molecule has 0 fully saturated rings. The molecule has 7 rings (SSSR count). The molecule has 0 saturated carbocycles. The number of methoxy groups -OCH3 is 2. The van der Waals surface area contributed by atoms with Crippen LogP contribution in [0, 0.1) is 0 Å². The number of nitrogens with zero attached hydrogens (tertiary/aromatic N) is 1. The number of hydrogen-bond donors (Lipinski definition) is 3. The third-order valence-electron chi connectivity index (χ3n) is 8.87. The number of nitrogens with one attached hydrogen (secondary N) is 3. The molecule has 0 aliphatic carbocycles. The molecule has 52 heavy (non-hydrogen) atoms. The van der Waals surface area contributed by atoms with Crippen molar-refractivity contribution in [3.63, 3.8) is 0 Å². The highest BCUT2D eigenvalue weighted by Gasteiger charge is 2.28. The summed E-state index contributed by atoms with van der Waals surface area (Å²) in [5.41, 5.74) is 5.72. The molecule has 3 aromatic carbocycles. The summed E-state index contributed by atoms with van der Waals surface area (Å²) in [6.45, 7) is 2.79. The maximum Gasteiger partial charge on any atom is 0.357 e. The lowest BCUT2D eigenvalue weighted by molar-refractivity contribution is 0.0588. The number of thiophene rings is 1. The highest BCUT2D eigenvalue weighted by Crippen LogP contribution is 2.44. The average Bonchev–Trinajstić information content (AvgIpc) is 3.82. The summed E-state index contributed by atoms with van der Waals surface area (Å²) in [5.74, 6) is -1.62. The fraction of sp³-hybridized carbons (Fsp3) is 0.175. The second-order valence-electron chi connectivity index (χ2n) is 12.1. The van der Waals surface area contributed by atoms with Gasteiger partial charge in [0.2, 0.25) is 0 Å². The lowest BCUT2D eigenvalue weighted by Crippen LogP contribution is -2.26. The molecule has 0 radical (unpaired) electrons. The quantitative estimate of drug-likeness (QED) is 0.130. The third-order valence-corrected chi connectivity index (χ3v) is 9.86. The van der Waals surface area contributed by atoms with E-state index in [0.29, 0.717) is 53.3 Å². The molecule has 3 N–H and O–H groups in total. The van der Waals surface area contributed by atoms with Gasteiger partial charge in [0.1, 0.15) is 11.4 Å². The Labute approximate surface area is 303 Å². The first-order valence-electron chi connectivity index (χ1n) is 16.7. The van der Waals surface area contributed by atoms with Crippen LogP contribution in [0.3, 0.4) is 0 Å². The van der Waals surface area contributed by atoms with E-state index in [-0.39, 0.29) is 22.5 Å². The first-order valence-corrected chi connectivity index (χ1v) is 17.5. The van der Waals surface area contributed by atoms with Crippen LogP contribution in [0.15, 0.2) is 84.4 Å². The molecule has 0 saturated heterocycles. The minimum Gasteiger partial charge on any atom is -0.493 e. The van der Waals surface area contributed by atoms with Crippen LogP contribution in [-0.4, -0.2) is 61.1 Å². The van der Waals surface area contributed by atoms with Crippen LogP contribution in [0.2, 0.25) is 0 Å². The second kappa shape index (κ2) is 14.5. The average molecular weight is 715 g/mol. The van der Waals surface area contributed by atoms with Crippen LogP contribution in [0.4, 0.5) is 5.69 Å².